The molecule has 36 heavy (non-hydrogen) atoms. The molecule has 7 nitrogen and oxygen atoms in total. The zero-order valence-corrected chi connectivity index (χ0v) is 21.1. The van der Waals surface area contributed by atoms with Gasteiger partial charge in [-0.1, -0.05) is 44.2 Å². The van der Waals surface area contributed by atoms with Crippen LogP contribution in [0.2, 0.25) is 0 Å². The predicted molar refractivity (Wildman–Crippen MR) is 135 cm³/mol. The molecule has 0 amide bonds. The number of halogens is 2. The fourth-order valence-electron chi connectivity index (χ4n) is 3.95. The lowest BCUT2D eigenvalue weighted by Crippen LogP contribution is -2.38. The summed E-state index contributed by atoms with van der Waals surface area (Å²) in [7, 11) is 0. The van der Waals surface area contributed by atoms with E-state index >= 15 is 0 Å². The highest BCUT2D eigenvalue weighted by Crippen LogP contribution is 2.41. The Bertz CT molecular complexity index is 1470. The van der Waals surface area contributed by atoms with Gasteiger partial charge in [0.25, 0.3) is 0 Å². The molecule has 0 radical (unpaired) electrons. The maximum absolute atomic E-state index is 14.8. The summed E-state index contributed by atoms with van der Waals surface area (Å²) >= 11 is 2.74. The molecule has 1 N–H and O–H groups in total. The molecule has 0 unspecified atom stereocenters. The van der Waals surface area contributed by atoms with Crippen molar-refractivity contribution in [3.8, 4) is 22.0 Å². The van der Waals surface area contributed by atoms with Crippen molar-refractivity contribution >= 4 is 22.9 Å². The molecule has 5 rings (SSSR count). The molecule has 0 saturated carbocycles. The predicted octanol–water partition coefficient (Wildman–Crippen LogP) is 5.45. The first-order chi connectivity index (χ1) is 17.4. The standard InChI is InChI=1S/C25H22F2N6OS2/c1-3-19-11-35-24(30-19)17-6-4-16(5-7-17)22-31-23(36-32-22)15(2)25(34,12-33-14-28-13-29-33)20-9-8-18(26)10-21(20)27/h4-11,13-15,34H,3,12H2,1-2H3/t15-,25+/m0/s1. The second kappa shape index (κ2) is 9.92. The number of hydrogen-bond acceptors (Lipinski definition) is 8. The van der Waals surface area contributed by atoms with Crippen molar-refractivity contribution in [3.05, 3.63) is 88.4 Å². The van der Waals surface area contributed by atoms with Gasteiger partial charge in [0.15, 0.2) is 5.82 Å². The topological polar surface area (TPSA) is 89.6 Å². The minimum absolute atomic E-state index is 0.0529. The maximum atomic E-state index is 14.8. The molecule has 3 aromatic heterocycles. The average molecular weight is 525 g/mol. The Morgan fingerprint density at radius 3 is 2.53 bits per heavy atom. The number of thiazole rings is 1. The van der Waals surface area contributed by atoms with Crippen LogP contribution in [0.5, 0.6) is 0 Å². The zero-order valence-electron chi connectivity index (χ0n) is 19.5. The van der Waals surface area contributed by atoms with Crippen molar-refractivity contribution in [3.63, 3.8) is 0 Å². The molecule has 184 valence electrons. The number of nitrogens with zero attached hydrogens (tertiary/aromatic N) is 6. The molecular formula is C25H22F2N6OS2. The van der Waals surface area contributed by atoms with E-state index in [1.54, 1.807) is 18.3 Å². The Morgan fingerprint density at radius 2 is 1.86 bits per heavy atom. The first-order valence-electron chi connectivity index (χ1n) is 11.3. The lowest BCUT2D eigenvalue weighted by Gasteiger charge is -2.33. The second-order valence-corrected chi connectivity index (χ2v) is 10.0. The second-order valence-electron chi connectivity index (χ2n) is 8.39. The minimum Gasteiger partial charge on any atom is -0.382 e. The molecule has 2 aromatic carbocycles. The van der Waals surface area contributed by atoms with Gasteiger partial charge >= 0.3 is 0 Å². The van der Waals surface area contributed by atoms with Crippen LogP contribution in [-0.2, 0) is 18.6 Å². The van der Waals surface area contributed by atoms with Gasteiger partial charge < -0.3 is 5.11 Å². The molecule has 5 aromatic rings. The van der Waals surface area contributed by atoms with Crippen molar-refractivity contribution in [1.82, 2.24) is 29.1 Å². The van der Waals surface area contributed by atoms with Crippen LogP contribution >= 0.6 is 22.9 Å². The van der Waals surface area contributed by atoms with E-state index in [0.717, 1.165) is 51.9 Å². The SMILES string of the molecule is CCc1csc(-c2ccc(-c3nsc([C@H](C)[C@](O)(Cn4cncn4)c4ccc(F)cc4F)n3)cc2)n1. The summed E-state index contributed by atoms with van der Waals surface area (Å²) in [5.41, 5.74) is 1.06. The Balaban J connectivity index is 1.45. The van der Waals surface area contributed by atoms with Crippen molar-refractivity contribution in [2.45, 2.75) is 38.3 Å². The van der Waals surface area contributed by atoms with Gasteiger partial charge in [0.1, 0.15) is 39.9 Å². The summed E-state index contributed by atoms with van der Waals surface area (Å²) in [5, 5.41) is 19.4. The van der Waals surface area contributed by atoms with Crippen LogP contribution in [-0.4, -0.2) is 34.2 Å². The molecule has 0 aliphatic rings. The molecule has 0 bridgehead atoms. The van der Waals surface area contributed by atoms with Gasteiger partial charge in [0.2, 0.25) is 0 Å². The Kier molecular flexibility index (Phi) is 6.69. The van der Waals surface area contributed by atoms with Crippen LogP contribution in [0.15, 0.2) is 60.5 Å². The van der Waals surface area contributed by atoms with Gasteiger partial charge in [-0.15, -0.1) is 11.3 Å². The Labute approximate surface area is 214 Å². The van der Waals surface area contributed by atoms with Gasteiger partial charge in [-0.25, -0.2) is 28.4 Å². The van der Waals surface area contributed by atoms with E-state index in [1.165, 1.54) is 23.4 Å². The molecular weight excluding hydrogens is 502 g/mol. The smallest absolute Gasteiger partial charge is 0.173 e. The molecule has 3 heterocycles. The molecule has 0 aliphatic carbocycles. The average Bonchev–Trinajstić information content (AvgIpc) is 3.65. The third kappa shape index (κ3) is 4.69. The molecule has 11 heteroatoms. The van der Waals surface area contributed by atoms with Gasteiger partial charge in [-0.3, -0.25) is 0 Å². The van der Waals surface area contributed by atoms with Gasteiger partial charge in [-0.2, -0.15) is 9.47 Å². The van der Waals surface area contributed by atoms with Crippen LogP contribution in [0.25, 0.3) is 22.0 Å². The van der Waals surface area contributed by atoms with Gasteiger partial charge in [0.05, 0.1) is 12.2 Å². The molecule has 2 atom stereocenters. The van der Waals surface area contributed by atoms with Crippen LogP contribution in [0.3, 0.4) is 0 Å². The largest absolute Gasteiger partial charge is 0.382 e. The summed E-state index contributed by atoms with van der Waals surface area (Å²) in [6, 6.07) is 10.9. The number of benzene rings is 2. The van der Waals surface area contributed by atoms with E-state index < -0.39 is 23.2 Å². The van der Waals surface area contributed by atoms with E-state index in [2.05, 4.69) is 36.7 Å². The van der Waals surface area contributed by atoms with Gasteiger partial charge in [-0.05, 0) is 24.0 Å². The van der Waals surface area contributed by atoms with Gasteiger partial charge in [0, 0.05) is 34.1 Å². The Hall–Kier alpha value is -3.41. The first kappa shape index (κ1) is 24.3. The van der Waals surface area contributed by atoms with E-state index in [4.69, 9.17) is 0 Å². The van der Waals surface area contributed by atoms with Crippen molar-refractivity contribution in [2.24, 2.45) is 0 Å². The third-order valence-electron chi connectivity index (χ3n) is 6.10. The van der Waals surface area contributed by atoms with Crippen LogP contribution in [0, 0.1) is 11.6 Å². The third-order valence-corrected chi connectivity index (χ3v) is 7.94. The number of hydrogen-bond donors (Lipinski definition) is 1. The Morgan fingerprint density at radius 1 is 1.08 bits per heavy atom. The summed E-state index contributed by atoms with van der Waals surface area (Å²) in [6.07, 6.45) is 3.65. The quantitative estimate of drug-likeness (QED) is 0.290. The van der Waals surface area contributed by atoms with E-state index in [0.29, 0.717) is 10.8 Å². The van der Waals surface area contributed by atoms with Crippen molar-refractivity contribution in [2.75, 3.05) is 0 Å². The fourth-order valence-corrected chi connectivity index (χ4v) is 5.67. The highest BCUT2D eigenvalue weighted by Gasteiger charge is 2.41. The number of aromatic nitrogens is 6. The lowest BCUT2D eigenvalue weighted by atomic mass is 9.82. The molecule has 0 aliphatic heterocycles. The zero-order chi connectivity index (χ0) is 25.3. The highest BCUT2D eigenvalue weighted by atomic mass is 32.1. The van der Waals surface area contributed by atoms with E-state index in [-0.39, 0.29) is 12.1 Å². The van der Waals surface area contributed by atoms with Crippen molar-refractivity contribution in [1.29, 1.82) is 0 Å². The number of rotatable bonds is 8. The molecule has 0 spiro atoms. The summed E-state index contributed by atoms with van der Waals surface area (Å²) in [4.78, 5) is 13.2. The number of aliphatic hydroxyl groups is 1. The number of aryl methyl sites for hydroxylation is 1. The first-order valence-corrected chi connectivity index (χ1v) is 12.9. The maximum Gasteiger partial charge on any atom is 0.173 e. The normalized spacial score (nSPS) is 14.0. The van der Waals surface area contributed by atoms with Crippen LogP contribution < -0.4 is 0 Å². The minimum atomic E-state index is -1.78. The van der Waals surface area contributed by atoms with E-state index in [9.17, 15) is 13.9 Å². The fraction of sp³-hybridized carbons (Fsp3) is 0.240. The molecule has 0 fully saturated rings. The lowest BCUT2D eigenvalue weighted by molar-refractivity contribution is -0.0112. The molecule has 0 saturated heterocycles. The highest BCUT2D eigenvalue weighted by molar-refractivity contribution is 7.13. The van der Waals surface area contributed by atoms with Crippen molar-refractivity contribution < 1.29 is 13.9 Å². The summed E-state index contributed by atoms with van der Waals surface area (Å²) in [5.74, 6) is -1.75. The van der Waals surface area contributed by atoms with Crippen LogP contribution in [0.4, 0.5) is 8.78 Å². The monoisotopic (exact) mass is 524 g/mol. The summed E-state index contributed by atoms with van der Waals surface area (Å²) < 4.78 is 34.3. The van der Waals surface area contributed by atoms with E-state index in [1.807, 2.05) is 24.3 Å². The van der Waals surface area contributed by atoms with Crippen LogP contribution in [0.1, 0.15) is 36.0 Å². The summed E-state index contributed by atoms with van der Waals surface area (Å²) in [6.45, 7) is 3.71.